The van der Waals surface area contributed by atoms with Gasteiger partial charge in [-0.1, -0.05) is 103 Å². The second-order valence-corrected chi connectivity index (χ2v) is 14.3. The number of nitrogens with one attached hydrogen (secondary N) is 1. The molecule has 3 aromatic carbocycles. The molecule has 7 nitrogen and oxygen atoms in total. The average Bonchev–Trinajstić information content (AvgIpc) is 2.99. The quantitative estimate of drug-likeness (QED) is 0.216. The minimum Gasteiger partial charge on any atom is -0.352 e. The summed E-state index contributed by atoms with van der Waals surface area (Å²) in [6, 6.07) is 21.6. The number of rotatable bonds is 13. The summed E-state index contributed by atoms with van der Waals surface area (Å²) in [6.45, 7) is 2.28. The third-order valence-electron chi connectivity index (χ3n) is 7.99. The molecule has 1 atom stereocenters. The van der Waals surface area contributed by atoms with Gasteiger partial charge in [0.05, 0.1) is 17.0 Å². The number of hydrogen-bond donors (Lipinski definition) is 1. The van der Waals surface area contributed by atoms with E-state index in [0.717, 1.165) is 48.6 Å². The number of halogens is 2. The van der Waals surface area contributed by atoms with E-state index in [1.165, 1.54) is 16.8 Å². The Morgan fingerprint density at radius 3 is 2.32 bits per heavy atom. The smallest absolute Gasteiger partial charge is 0.243 e. The van der Waals surface area contributed by atoms with Crippen LogP contribution in [0.4, 0.5) is 5.69 Å². The van der Waals surface area contributed by atoms with E-state index in [2.05, 4.69) is 5.32 Å². The Labute approximate surface area is 271 Å². The van der Waals surface area contributed by atoms with Gasteiger partial charge in [-0.05, 0) is 55.5 Å². The summed E-state index contributed by atoms with van der Waals surface area (Å²) >= 11 is 12.5. The monoisotopic (exact) mass is 657 g/mol. The Balaban J connectivity index is 1.60. The fourth-order valence-corrected chi connectivity index (χ4v) is 7.17. The maximum Gasteiger partial charge on any atom is 0.243 e. The van der Waals surface area contributed by atoms with Crippen LogP contribution < -0.4 is 9.62 Å². The third-order valence-corrected chi connectivity index (χ3v) is 9.72. The van der Waals surface area contributed by atoms with Crippen molar-refractivity contribution in [2.24, 2.45) is 0 Å². The highest BCUT2D eigenvalue weighted by molar-refractivity contribution is 7.92. The first-order chi connectivity index (χ1) is 21.0. The fraction of sp³-hybridized carbons (Fsp3) is 0.412. The Hall–Kier alpha value is -3.07. The molecule has 0 bridgehead atoms. The minimum absolute atomic E-state index is 0.0283. The molecule has 0 saturated heterocycles. The number of aryl methyl sites for hydroxylation is 1. The molecule has 0 aliphatic heterocycles. The van der Waals surface area contributed by atoms with Gasteiger partial charge in [-0.25, -0.2) is 8.42 Å². The summed E-state index contributed by atoms with van der Waals surface area (Å²) in [6.07, 6.45) is 6.92. The Morgan fingerprint density at radius 2 is 1.64 bits per heavy atom. The number of anilines is 1. The highest BCUT2D eigenvalue weighted by Crippen LogP contribution is 2.31. The Morgan fingerprint density at radius 1 is 0.932 bits per heavy atom. The fourth-order valence-electron chi connectivity index (χ4n) is 5.76. The van der Waals surface area contributed by atoms with Gasteiger partial charge in [-0.15, -0.1) is 0 Å². The first-order valence-electron chi connectivity index (χ1n) is 15.1. The topological polar surface area (TPSA) is 86.8 Å². The second-order valence-electron chi connectivity index (χ2n) is 11.6. The first-order valence-corrected chi connectivity index (χ1v) is 17.7. The van der Waals surface area contributed by atoms with Crippen LogP contribution in [-0.2, 0) is 32.6 Å². The number of carbonyl (C=O) groups excluding carboxylic acids is 2. The normalized spacial score (nSPS) is 14.5. The molecule has 3 aromatic rings. The molecule has 0 spiro atoms. The van der Waals surface area contributed by atoms with Crippen LogP contribution >= 0.6 is 23.2 Å². The van der Waals surface area contributed by atoms with E-state index in [-0.39, 0.29) is 54.5 Å². The average molecular weight is 659 g/mol. The van der Waals surface area contributed by atoms with Gasteiger partial charge >= 0.3 is 0 Å². The largest absolute Gasteiger partial charge is 0.352 e. The second kappa shape index (κ2) is 15.8. The van der Waals surface area contributed by atoms with E-state index in [9.17, 15) is 18.0 Å². The molecule has 0 unspecified atom stereocenters. The van der Waals surface area contributed by atoms with Crippen molar-refractivity contribution in [2.45, 2.75) is 76.9 Å². The van der Waals surface area contributed by atoms with Gasteiger partial charge in [-0.3, -0.25) is 13.9 Å². The van der Waals surface area contributed by atoms with E-state index < -0.39 is 16.1 Å². The zero-order chi connectivity index (χ0) is 31.7. The number of carbonyl (C=O) groups is 2. The van der Waals surface area contributed by atoms with Crippen LogP contribution in [0.5, 0.6) is 0 Å². The molecular weight excluding hydrogens is 617 g/mol. The highest BCUT2D eigenvalue weighted by atomic mass is 35.5. The van der Waals surface area contributed by atoms with Gasteiger partial charge < -0.3 is 10.2 Å². The molecule has 1 aliphatic rings. The highest BCUT2D eigenvalue weighted by Gasteiger charge is 2.32. The molecule has 1 N–H and O–H groups in total. The maximum atomic E-state index is 14.1. The molecule has 44 heavy (non-hydrogen) atoms. The number of nitrogens with zero attached hydrogens (tertiary/aromatic N) is 2. The molecule has 4 rings (SSSR count). The van der Waals surface area contributed by atoms with Gasteiger partial charge in [0.2, 0.25) is 21.8 Å². The van der Waals surface area contributed by atoms with E-state index in [1.807, 2.05) is 61.5 Å². The zero-order valence-corrected chi connectivity index (χ0v) is 27.7. The van der Waals surface area contributed by atoms with E-state index in [1.54, 1.807) is 17.0 Å². The van der Waals surface area contributed by atoms with Gasteiger partial charge in [0.25, 0.3) is 0 Å². The molecule has 0 heterocycles. The van der Waals surface area contributed by atoms with Gasteiger partial charge in [0, 0.05) is 37.0 Å². The van der Waals surface area contributed by atoms with Crippen molar-refractivity contribution in [3.63, 3.8) is 0 Å². The number of amides is 2. The Bertz CT molecular complexity index is 1530. The maximum absolute atomic E-state index is 14.1. The van der Waals surface area contributed by atoms with Crippen molar-refractivity contribution >= 4 is 50.7 Å². The molecule has 1 saturated carbocycles. The van der Waals surface area contributed by atoms with Crippen molar-refractivity contribution in [3.05, 3.63) is 99.5 Å². The summed E-state index contributed by atoms with van der Waals surface area (Å²) in [5.41, 5.74) is 3.20. The van der Waals surface area contributed by atoms with Crippen LogP contribution in [-0.4, -0.2) is 50.0 Å². The summed E-state index contributed by atoms with van der Waals surface area (Å²) < 4.78 is 26.7. The van der Waals surface area contributed by atoms with Crippen LogP contribution in [0.15, 0.2) is 72.8 Å². The summed E-state index contributed by atoms with van der Waals surface area (Å²) in [4.78, 5) is 29.7. The van der Waals surface area contributed by atoms with E-state index in [0.29, 0.717) is 11.4 Å². The lowest BCUT2D eigenvalue weighted by atomic mass is 9.94. The lowest BCUT2D eigenvalue weighted by Crippen LogP contribution is -2.53. The van der Waals surface area contributed by atoms with Gasteiger partial charge in [-0.2, -0.15) is 0 Å². The third kappa shape index (κ3) is 9.71. The Kier molecular flexibility index (Phi) is 12.1. The zero-order valence-electron chi connectivity index (χ0n) is 25.3. The van der Waals surface area contributed by atoms with Crippen molar-refractivity contribution < 1.29 is 18.0 Å². The predicted octanol–water partition coefficient (Wildman–Crippen LogP) is 6.94. The molecule has 0 aromatic heterocycles. The van der Waals surface area contributed by atoms with Crippen molar-refractivity contribution in [3.8, 4) is 0 Å². The summed E-state index contributed by atoms with van der Waals surface area (Å²) in [7, 11) is -3.71. The summed E-state index contributed by atoms with van der Waals surface area (Å²) in [5, 5.41) is 3.85. The van der Waals surface area contributed by atoms with Crippen LogP contribution in [0.1, 0.15) is 61.6 Å². The van der Waals surface area contributed by atoms with Gasteiger partial charge in [0.15, 0.2) is 0 Å². The van der Waals surface area contributed by atoms with E-state index in [4.69, 9.17) is 23.2 Å². The molecule has 10 heteroatoms. The van der Waals surface area contributed by atoms with Crippen LogP contribution in [0, 0.1) is 6.92 Å². The van der Waals surface area contributed by atoms with Gasteiger partial charge in [0.1, 0.15) is 6.04 Å². The van der Waals surface area contributed by atoms with Crippen molar-refractivity contribution in [1.82, 2.24) is 10.2 Å². The lowest BCUT2D eigenvalue weighted by Gasteiger charge is -2.34. The first kappa shape index (κ1) is 33.8. The molecule has 2 amide bonds. The van der Waals surface area contributed by atoms with E-state index >= 15 is 0 Å². The number of benzene rings is 3. The lowest BCUT2D eigenvalue weighted by molar-refractivity contribution is -0.141. The summed E-state index contributed by atoms with van der Waals surface area (Å²) in [5.74, 6) is -0.387. The SMILES string of the molecule is Cc1cccc(CN(C(=O)CCCN(c2cc(Cl)ccc2Cl)S(C)(=O)=O)[C@H](Cc2ccccc2)C(=O)NC2CCCCC2)c1. The molecule has 1 fully saturated rings. The predicted molar refractivity (Wildman–Crippen MR) is 179 cm³/mol. The van der Waals surface area contributed by atoms with Crippen LogP contribution in [0.25, 0.3) is 0 Å². The molecule has 0 radical (unpaired) electrons. The standard InChI is InChI=1S/C34H41Cl2N3O4S/c1-25-11-9-14-27(21-25)24-38(32(22-26-12-5-3-6-13-26)34(41)37-29-15-7-4-8-16-29)33(40)17-10-20-39(44(2,42)43)31-23-28(35)18-19-30(31)36/h3,5-6,9,11-14,18-19,21,23,29,32H,4,7-8,10,15-17,20,22,24H2,1-2H3,(H,37,41)/t32-/m1/s1. The van der Waals surface area contributed by atoms with Crippen LogP contribution in [0.3, 0.4) is 0 Å². The van der Waals surface area contributed by atoms with Crippen molar-refractivity contribution in [2.75, 3.05) is 17.1 Å². The van der Waals surface area contributed by atoms with Crippen molar-refractivity contribution in [1.29, 1.82) is 0 Å². The molecular formula is C34H41Cl2N3O4S. The number of hydrogen-bond acceptors (Lipinski definition) is 4. The minimum atomic E-state index is -3.71. The number of sulfonamides is 1. The molecule has 1 aliphatic carbocycles. The van der Waals surface area contributed by atoms with Crippen LogP contribution in [0.2, 0.25) is 10.0 Å². The molecule has 236 valence electrons.